The first-order chi connectivity index (χ1) is 11.3. The molecule has 4 heterocycles. The minimum absolute atomic E-state index is 0. The number of carbonyl (C=O) groups excluding carboxylic acids is 1. The van der Waals surface area contributed by atoms with E-state index in [4.69, 9.17) is 0 Å². The van der Waals surface area contributed by atoms with E-state index in [2.05, 4.69) is 15.4 Å². The van der Waals surface area contributed by atoms with Crippen LogP contribution in [0.3, 0.4) is 0 Å². The van der Waals surface area contributed by atoms with Crippen molar-refractivity contribution in [3.63, 3.8) is 0 Å². The fourth-order valence-electron chi connectivity index (χ4n) is 3.68. The van der Waals surface area contributed by atoms with Crippen molar-refractivity contribution in [3.05, 3.63) is 42.4 Å². The van der Waals surface area contributed by atoms with E-state index in [9.17, 15) is 4.79 Å². The Morgan fingerprint density at radius 2 is 1.84 bits per heavy atom. The van der Waals surface area contributed by atoms with E-state index < -0.39 is 0 Å². The minimum Gasteiger partial charge on any atom is -0.339 e. The molecule has 4 rings (SSSR count). The molecule has 1 amide bonds. The third kappa shape index (κ3) is 4.14. The van der Waals surface area contributed by atoms with E-state index >= 15 is 0 Å². The first-order valence-electron chi connectivity index (χ1n) is 8.27. The van der Waals surface area contributed by atoms with Crippen molar-refractivity contribution in [2.45, 2.75) is 12.8 Å². The SMILES string of the molecule is Cl.Cl.O=C(c1ccnc(-n2cccn2)c1)N1CC[C@@H]2CNC[C@@H]2CC1. The predicted molar refractivity (Wildman–Crippen MR) is 101 cm³/mol. The molecule has 6 nitrogen and oxygen atoms in total. The molecule has 0 unspecified atom stereocenters. The number of nitrogens with one attached hydrogen (secondary N) is 1. The summed E-state index contributed by atoms with van der Waals surface area (Å²) in [4.78, 5) is 19.1. The maximum atomic E-state index is 12.8. The van der Waals surface area contributed by atoms with E-state index in [1.54, 1.807) is 23.1 Å². The highest BCUT2D eigenvalue weighted by molar-refractivity contribution is 5.94. The molecule has 2 aromatic heterocycles. The highest BCUT2D eigenvalue weighted by Gasteiger charge is 2.31. The topological polar surface area (TPSA) is 63.1 Å². The van der Waals surface area contributed by atoms with Crippen molar-refractivity contribution in [1.29, 1.82) is 0 Å². The molecule has 2 atom stereocenters. The van der Waals surface area contributed by atoms with Gasteiger partial charge in [0.05, 0.1) is 0 Å². The molecule has 0 aromatic carbocycles. The first-order valence-corrected chi connectivity index (χ1v) is 8.27. The number of aromatic nitrogens is 3. The second-order valence-electron chi connectivity index (χ2n) is 6.40. The maximum Gasteiger partial charge on any atom is 0.254 e. The zero-order chi connectivity index (χ0) is 15.6. The fraction of sp³-hybridized carbons (Fsp3) is 0.471. The number of nitrogens with zero attached hydrogens (tertiary/aromatic N) is 4. The molecule has 0 bridgehead atoms. The average molecular weight is 384 g/mol. The van der Waals surface area contributed by atoms with Crippen LogP contribution >= 0.6 is 24.8 Å². The van der Waals surface area contributed by atoms with Gasteiger partial charge in [-0.2, -0.15) is 5.10 Å². The smallest absolute Gasteiger partial charge is 0.254 e. The first kappa shape index (κ1) is 19.7. The largest absolute Gasteiger partial charge is 0.339 e. The molecule has 8 heteroatoms. The lowest BCUT2D eigenvalue weighted by Crippen LogP contribution is -2.32. The van der Waals surface area contributed by atoms with Crippen molar-refractivity contribution >= 4 is 30.7 Å². The maximum absolute atomic E-state index is 12.8. The number of fused-ring (bicyclic) bond motifs is 1. The molecular weight excluding hydrogens is 361 g/mol. The van der Waals surface area contributed by atoms with Gasteiger partial charge >= 0.3 is 0 Å². The highest BCUT2D eigenvalue weighted by atomic mass is 35.5. The molecule has 2 aliphatic heterocycles. The van der Waals surface area contributed by atoms with Gasteiger partial charge in [-0.1, -0.05) is 0 Å². The van der Waals surface area contributed by atoms with Crippen LogP contribution in [-0.2, 0) is 0 Å². The Morgan fingerprint density at radius 3 is 2.48 bits per heavy atom. The van der Waals surface area contributed by atoms with E-state index in [-0.39, 0.29) is 30.7 Å². The molecule has 136 valence electrons. The summed E-state index contributed by atoms with van der Waals surface area (Å²) in [5.74, 6) is 2.24. The Labute approximate surface area is 159 Å². The molecule has 0 saturated carbocycles. The zero-order valence-electron chi connectivity index (χ0n) is 13.9. The van der Waals surface area contributed by atoms with Gasteiger partial charge in [0.1, 0.15) is 0 Å². The molecular formula is C17H23Cl2N5O. The minimum atomic E-state index is 0. The van der Waals surface area contributed by atoms with Gasteiger partial charge in [0.15, 0.2) is 5.82 Å². The van der Waals surface area contributed by atoms with E-state index in [1.807, 2.05) is 23.2 Å². The summed E-state index contributed by atoms with van der Waals surface area (Å²) in [6.45, 7) is 3.90. The molecule has 2 aromatic rings. The lowest BCUT2D eigenvalue weighted by Gasteiger charge is -2.21. The lowest BCUT2D eigenvalue weighted by atomic mass is 9.92. The molecule has 0 spiro atoms. The Morgan fingerprint density at radius 1 is 1.12 bits per heavy atom. The van der Waals surface area contributed by atoms with Crippen LogP contribution in [0.25, 0.3) is 5.82 Å². The lowest BCUT2D eigenvalue weighted by molar-refractivity contribution is 0.0758. The normalized spacial score (nSPS) is 22.3. The molecule has 0 radical (unpaired) electrons. The molecule has 2 aliphatic rings. The van der Waals surface area contributed by atoms with Crippen LogP contribution in [0.5, 0.6) is 0 Å². The van der Waals surface area contributed by atoms with Crippen molar-refractivity contribution in [2.75, 3.05) is 26.2 Å². The fourth-order valence-corrected chi connectivity index (χ4v) is 3.68. The quantitative estimate of drug-likeness (QED) is 0.862. The van der Waals surface area contributed by atoms with Crippen LogP contribution in [0.2, 0.25) is 0 Å². The number of amides is 1. The molecule has 2 saturated heterocycles. The van der Waals surface area contributed by atoms with Gasteiger partial charge in [0.2, 0.25) is 0 Å². The van der Waals surface area contributed by atoms with Crippen LogP contribution in [0.15, 0.2) is 36.8 Å². The van der Waals surface area contributed by atoms with Gasteiger partial charge < -0.3 is 10.2 Å². The molecule has 25 heavy (non-hydrogen) atoms. The summed E-state index contributed by atoms with van der Waals surface area (Å²) >= 11 is 0. The zero-order valence-corrected chi connectivity index (χ0v) is 15.5. The average Bonchev–Trinajstić information content (AvgIpc) is 3.23. The van der Waals surface area contributed by atoms with Crippen molar-refractivity contribution in [2.24, 2.45) is 11.8 Å². The van der Waals surface area contributed by atoms with Crippen molar-refractivity contribution in [3.8, 4) is 5.82 Å². The van der Waals surface area contributed by atoms with E-state index in [1.165, 1.54) is 0 Å². The van der Waals surface area contributed by atoms with Gasteiger partial charge in [-0.25, -0.2) is 9.67 Å². The van der Waals surface area contributed by atoms with E-state index in [0.29, 0.717) is 11.4 Å². The summed E-state index contributed by atoms with van der Waals surface area (Å²) in [7, 11) is 0. The molecule has 2 fully saturated rings. The van der Waals surface area contributed by atoms with Gasteiger partial charge in [-0.3, -0.25) is 4.79 Å². The number of likely N-dealkylation sites (tertiary alicyclic amines) is 1. The van der Waals surface area contributed by atoms with Crippen LogP contribution < -0.4 is 5.32 Å². The van der Waals surface area contributed by atoms with Crippen LogP contribution in [0.4, 0.5) is 0 Å². The summed E-state index contributed by atoms with van der Waals surface area (Å²) in [5, 5.41) is 7.64. The van der Waals surface area contributed by atoms with Crippen LogP contribution in [0, 0.1) is 11.8 Å². The predicted octanol–water partition coefficient (Wildman–Crippen LogP) is 2.18. The van der Waals surface area contributed by atoms with Gasteiger partial charge in [0.25, 0.3) is 5.91 Å². The molecule has 1 N–H and O–H groups in total. The summed E-state index contributed by atoms with van der Waals surface area (Å²) in [6, 6.07) is 5.46. The van der Waals surface area contributed by atoms with Crippen LogP contribution in [-0.4, -0.2) is 51.8 Å². The number of hydrogen-bond acceptors (Lipinski definition) is 4. The number of rotatable bonds is 2. The Kier molecular flexibility index (Phi) is 6.81. The van der Waals surface area contributed by atoms with Crippen molar-refractivity contribution < 1.29 is 4.79 Å². The third-order valence-electron chi connectivity index (χ3n) is 5.04. The number of hydrogen-bond donors (Lipinski definition) is 1. The van der Waals surface area contributed by atoms with Gasteiger partial charge in [0, 0.05) is 37.2 Å². The summed E-state index contributed by atoms with van der Waals surface area (Å²) in [6.07, 6.45) is 7.41. The highest BCUT2D eigenvalue weighted by Crippen LogP contribution is 2.27. The van der Waals surface area contributed by atoms with Crippen LogP contribution in [0.1, 0.15) is 23.2 Å². The third-order valence-corrected chi connectivity index (χ3v) is 5.04. The molecule has 0 aliphatic carbocycles. The monoisotopic (exact) mass is 383 g/mol. The second kappa shape index (κ2) is 8.65. The Bertz CT molecular complexity index is 680. The number of carbonyl (C=O) groups is 1. The summed E-state index contributed by atoms with van der Waals surface area (Å²) < 4.78 is 1.68. The second-order valence-corrected chi connectivity index (χ2v) is 6.40. The van der Waals surface area contributed by atoms with E-state index in [0.717, 1.165) is 50.9 Å². The standard InChI is InChI=1S/C17H21N5O.2ClH/c23-17(21-8-3-14-11-18-12-15(14)4-9-21)13-2-6-19-16(10-13)22-7-1-5-20-22;;/h1-2,5-7,10,14-15,18H,3-4,8-9,11-12H2;2*1H/t14-,15+;;. The number of pyridine rings is 1. The number of halogens is 2. The summed E-state index contributed by atoms with van der Waals surface area (Å²) in [5.41, 5.74) is 0.690. The van der Waals surface area contributed by atoms with Gasteiger partial charge in [-0.15, -0.1) is 24.8 Å². The Balaban J connectivity index is 0.00000113. The Hall–Kier alpha value is -1.63. The van der Waals surface area contributed by atoms with Gasteiger partial charge in [-0.05, 0) is 56.0 Å². The van der Waals surface area contributed by atoms with Crippen molar-refractivity contribution in [1.82, 2.24) is 25.0 Å².